The van der Waals surface area contributed by atoms with Gasteiger partial charge in [-0.25, -0.2) is 20.8 Å². The number of hydrogen-bond donors (Lipinski definition) is 6. The maximum Gasteiger partial charge on any atom is 0.263 e. The Morgan fingerprint density at radius 3 is 1.43 bits per heavy atom. The van der Waals surface area contributed by atoms with Crippen LogP contribution in [-0.2, 0) is 22.4 Å². The minimum Gasteiger partial charge on any atom is -0.348 e. The number of H-pyrrole nitrogens is 2. The fourth-order valence-electron chi connectivity index (χ4n) is 4.15. The van der Waals surface area contributed by atoms with Crippen LogP contribution in [-0.4, -0.2) is 68.1 Å². The number of nitrogens with one attached hydrogen (secondary N) is 6. The number of amides is 4. The van der Waals surface area contributed by atoms with Crippen molar-refractivity contribution in [3.63, 3.8) is 0 Å². The van der Waals surface area contributed by atoms with E-state index in [-0.39, 0.29) is 48.8 Å². The molecule has 5 rings (SSSR count). The summed E-state index contributed by atoms with van der Waals surface area (Å²) in [6, 6.07) is 11.0. The van der Waals surface area contributed by atoms with E-state index in [9.17, 15) is 19.2 Å². The second kappa shape index (κ2) is 15.8. The van der Waals surface area contributed by atoms with Crippen molar-refractivity contribution in [3.05, 3.63) is 107 Å². The summed E-state index contributed by atoms with van der Waals surface area (Å²) in [4.78, 5) is 66.1. The number of hydrogen-bond acceptors (Lipinski definition) is 8. The molecular formula is C28H28Cl2N10O4. The number of fused-ring (bicyclic) bond motifs is 4. The molecule has 4 amide bonds. The van der Waals surface area contributed by atoms with Crippen LogP contribution in [0.3, 0.4) is 0 Å². The first kappa shape index (κ1) is 33.2. The molecule has 0 aliphatic carbocycles. The molecule has 6 N–H and O–H groups in total. The Balaban J connectivity index is 0.00000264. The van der Waals surface area contributed by atoms with E-state index in [1.54, 1.807) is 60.9 Å². The minimum atomic E-state index is -0.985. The molecule has 0 unspecified atom stereocenters. The van der Waals surface area contributed by atoms with E-state index in [0.717, 1.165) is 0 Å². The van der Waals surface area contributed by atoms with Crippen LogP contribution in [0.1, 0.15) is 43.2 Å². The zero-order valence-electron chi connectivity index (χ0n) is 22.9. The van der Waals surface area contributed by atoms with Gasteiger partial charge >= 0.3 is 0 Å². The number of nitrogens with zero attached hydrogens (tertiary/aromatic N) is 4. The highest BCUT2D eigenvalue weighted by molar-refractivity contribution is 6.00. The van der Waals surface area contributed by atoms with Crippen LogP contribution in [0.15, 0.2) is 83.8 Å². The lowest BCUT2D eigenvalue weighted by Gasteiger charge is -2.17. The largest absolute Gasteiger partial charge is 0.348 e. The van der Waals surface area contributed by atoms with Crippen molar-refractivity contribution in [2.24, 2.45) is 10.2 Å². The van der Waals surface area contributed by atoms with Gasteiger partial charge in [0.1, 0.15) is 12.1 Å². The van der Waals surface area contributed by atoms with Crippen molar-refractivity contribution >= 4 is 60.9 Å². The minimum absolute atomic E-state index is 0. The van der Waals surface area contributed by atoms with Crippen molar-refractivity contribution in [3.8, 4) is 0 Å². The molecular weight excluding hydrogens is 611 g/mol. The molecule has 2 aromatic heterocycles. The normalized spacial score (nSPS) is 18.6. The molecule has 0 saturated carbocycles. The summed E-state index contributed by atoms with van der Waals surface area (Å²) in [5.41, 5.74) is 7.74. The van der Waals surface area contributed by atoms with Gasteiger partial charge in [-0.3, -0.25) is 19.2 Å². The summed E-state index contributed by atoms with van der Waals surface area (Å²) in [7, 11) is 0. The molecule has 16 heteroatoms. The van der Waals surface area contributed by atoms with Gasteiger partial charge in [-0.15, -0.1) is 24.8 Å². The first-order chi connectivity index (χ1) is 20.4. The van der Waals surface area contributed by atoms with Gasteiger partial charge in [0.05, 0.1) is 25.1 Å². The Morgan fingerprint density at radius 1 is 0.614 bits per heavy atom. The van der Waals surface area contributed by atoms with E-state index in [0.29, 0.717) is 22.5 Å². The van der Waals surface area contributed by atoms with Gasteiger partial charge < -0.3 is 20.6 Å². The van der Waals surface area contributed by atoms with Gasteiger partial charge in [-0.05, 0) is 35.4 Å². The molecule has 0 saturated heterocycles. The summed E-state index contributed by atoms with van der Waals surface area (Å²) in [6.07, 6.45) is 9.07. The Hall–Kier alpha value is -5.34. The van der Waals surface area contributed by atoms with E-state index in [2.05, 4.69) is 51.6 Å². The Morgan fingerprint density at radius 2 is 1.05 bits per heavy atom. The molecule has 1 aliphatic heterocycles. The summed E-state index contributed by atoms with van der Waals surface area (Å²) in [5, 5.41) is 13.5. The van der Waals surface area contributed by atoms with Crippen LogP contribution < -0.4 is 21.5 Å². The standard InChI is InChI=1S/C28H26N10O4.2ClH/c39-25-19-5-1-3-17(7-19)11-33-37-28(42)24(10-22-14-30-16-32-22)36-26(40)20-6-2-4-18(8-20)12-34-38-27(41)23(35-25)9-21-13-29-15-31-21;;/h1-8,11-16,23-24H,9-10H2,(H,29,31)(H,30,32)(H,35,39)(H,36,40)(H,37,42)(H,38,41);2*1H/b33-11+,34-12+;;/t23-,24-;;/m0../s1. The van der Waals surface area contributed by atoms with Crippen molar-refractivity contribution in [1.82, 2.24) is 41.4 Å². The topological polar surface area (TPSA) is 198 Å². The third-order valence-corrected chi connectivity index (χ3v) is 6.28. The first-order valence-electron chi connectivity index (χ1n) is 12.9. The number of rotatable bonds is 4. The molecule has 3 heterocycles. The zero-order valence-corrected chi connectivity index (χ0v) is 24.5. The van der Waals surface area contributed by atoms with Gasteiger partial charge in [0.25, 0.3) is 23.6 Å². The highest BCUT2D eigenvalue weighted by atomic mass is 35.5. The summed E-state index contributed by atoms with van der Waals surface area (Å²) < 4.78 is 0. The third-order valence-electron chi connectivity index (χ3n) is 6.28. The predicted octanol–water partition coefficient (Wildman–Crippen LogP) is 1.27. The molecule has 2 atom stereocenters. The van der Waals surface area contributed by atoms with E-state index < -0.39 is 35.7 Å². The average Bonchev–Trinajstić information content (AvgIpc) is 3.71. The molecule has 0 fully saturated rings. The first-order valence-corrected chi connectivity index (χ1v) is 12.9. The highest BCUT2D eigenvalue weighted by Gasteiger charge is 2.24. The highest BCUT2D eigenvalue weighted by Crippen LogP contribution is 2.08. The van der Waals surface area contributed by atoms with Crippen LogP contribution in [0.2, 0.25) is 0 Å². The molecule has 4 aromatic rings. The lowest BCUT2D eigenvalue weighted by molar-refractivity contribution is -0.123. The van der Waals surface area contributed by atoms with Crippen molar-refractivity contribution in [2.45, 2.75) is 24.9 Å². The maximum atomic E-state index is 13.1. The zero-order chi connectivity index (χ0) is 29.3. The van der Waals surface area contributed by atoms with Gasteiger partial charge in [-0.2, -0.15) is 10.2 Å². The molecule has 4 bridgehead atoms. The van der Waals surface area contributed by atoms with Crippen LogP contribution in [0.25, 0.3) is 0 Å². The Kier molecular flexibility index (Phi) is 11.9. The average molecular weight is 640 g/mol. The van der Waals surface area contributed by atoms with E-state index >= 15 is 0 Å². The third kappa shape index (κ3) is 8.83. The molecule has 0 radical (unpaired) electrons. The fourth-order valence-corrected chi connectivity index (χ4v) is 4.15. The second-order valence-corrected chi connectivity index (χ2v) is 9.33. The molecule has 2 aromatic carbocycles. The van der Waals surface area contributed by atoms with Crippen molar-refractivity contribution in [1.29, 1.82) is 0 Å². The van der Waals surface area contributed by atoms with Gasteiger partial charge in [0, 0.05) is 47.8 Å². The lowest BCUT2D eigenvalue weighted by Crippen LogP contribution is -2.47. The number of imidazole rings is 2. The maximum absolute atomic E-state index is 13.1. The van der Waals surface area contributed by atoms with Crippen LogP contribution in [0, 0.1) is 0 Å². The Labute approximate surface area is 263 Å². The number of aromatic amines is 2. The van der Waals surface area contributed by atoms with Crippen LogP contribution in [0.5, 0.6) is 0 Å². The van der Waals surface area contributed by atoms with Crippen molar-refractivity contribution < 1.29 is 19.2 Å². The number of aromatic nitrogens is 4. The molecule has 228 valence electrons. The van der Waals surface area contributed by atoms with Crippen molar-refractivity contribution in [2.75, 3.05) is 0 Å². The van der Waals surface area contributed by atoms with E-state index in [1.807, 2.05) is 0 Å². The summed E-state index contributed by atoms with van der Waals surface area (Å²) in [5.74, 6) is -2.11. The summed E-state index contributed by atoms with van der Waals surface area (Å²) >= 11 is 0. The predicted molar refractivity (Wildman–Crippen MR) is 166 cm³/mol. The molecule has 1 aliphatic rings. The van der Waals surface area contributed by atoms with Crippen LogP contribution >= 0.6 is 24.8 Å². The second-order valence-electron chi connectivity index (χ2n) is 9.33. The summed E-state index contributed by atoms with van der Waals surface area (Å²) in [6.45, 7) is 0. The molecule has 44 heavy (non-hydrogen) atoms. The fraction of sp³-hybridized carbons (Fsp3) is 0.143. The smallest absolute Gasteiger partial charge is 0.263 e. The van der Waals surface area contributed by atoms with E-state index in [1.165, 1.54) is 25.1 Å². The van der Waals surface area contributed by atoms with E-state index in [4.69, 9.17) is 0 Å². The molecule has 14 nitrogen and oxygen atoms in total. The monoisotopic (exact) mass is 638 g/mol. The van der Waals surface area contributed by atoms with Gasteiger partial charge in [0.2, 0.25) is 0 Å². The number of carbonyl (C=O) groups excluding carboxylic acids is 4. The quantitative estimate of drug-likeness (QED) is 0.194. The van der Waals surface area contributed by atoms with Gasteiger partial charge in [0.15, 0.2) is 0 Å². The van der Waals surface area contributed by atoms with Crippen LogP contribution in [0.4, 0.5) is 0 Å². The molecule has 0 spiro atoms. The number of benzene rings is 2. The lowest BCUT2D eigenvalue weighted by atomic mass is 10.1. The Bertz CT molecular complexity index is 1520. The number of halogens is 2. The van der Waals surface area contributed by atoms with Gasteiger partial charge in [-0.1, -0.05) is 24.3 Å². The number of carbonyl (C=O) groups is 4. The SMILES string of the molecule is Cl.Cl.O=C1N[C@@H](Cc2cnc[nH]2)C(=O)N/N=C/c2cccc(c2)C(=O)N[C@@H](Cc2cnc[nH]2)C(=O)N/N=C/c2cccc1c2. The number of hydrazone groups is 2.